The van der Waals surface area contributed by atoms with Gasteiger partial charge in [0.25, 0.3) is 0 Å². The normalized spacial score (nSPS) is 11.8. The van der Waals surface area contributed by atoms with Gasteiger partial charge in [-0.2, -0.15) is 0 Å². The zero-order valence-corrected chi connectivity index (χ0v) is 17.1. The van der Waals surface area contributed by atoms with Crippen LogP contribution in [0, 0.1) is 5.92 Å². The molecule has 1 atom stereocenters. The number of likely N-dealkylation sites (N-methyl/N-ethyl adjacent to an activating group) is 1. The van der Waals surface area contributed by atoms with Crippen LogP contribution in [0.5, 0.6) is 0 Å². The molecule has 0 fully saturated rings. The van der Waals surface area contributed by atoms with E-state index < -0.39 is 11.9 Å². The molecule has 0 aliphatic heterocycles. The largest absolute Gasteiger partial charge is 0.481 e. The Morgan fingerprint density at radius 2 is 1.77 bits per heavy atom. The minimum absolute atomic E-state index is 0.0184. The number of hydrogen-bond donors (Lipinski definition) is 1. The summed E-state index contributed by atoms with van der Waals surface area (Å²) in [4.78, 5) is 30.1. The van der Waals surface area contributed by atoms with Gasteiger partial charge in [0.1, 0.15) is 0 Å². The fourth-order valence-electron chi connectivity index (χ4n) is 3.43. The molecule has 1 unspecified atom stereocenters. The monoisotopic (exact) mass is 405 g/mol. The molecule has 30 heavy (non-hydrogen) atoms. The summed E-state index contributed by atoms with van der Waals surface area (Å²) >= 11 is 0. The molecule has 0 spiro atoms. The molecule has 1 aromatic heterocycles. The average molecular weight is 405 g/mol. The lowest BCUT2D eigenvalue weighted by Crippen LogP contribution is -2.33. The summed E-state index contributed by atoms with van der Waals surface area (Å²) in [6.45, 7) is 1.13. The third-order valence-corrected chi connectivity index (χ3v) is 5.27. The van der Waals surface area contributed by atoms with Crippen LogP contribution in [-0.4, -0.2) is 45.0 Å². The van der Waals surface area contributed by atoms with Crippen LogP contribution in [0.3, 0.4) is 0 Å². The van der Waals surface area contributed by atoms with Crippen LogP contribution in [0.2, 0.25) is 0 Å². The summed E-state index contributed by atoms with van der Waals surface area (Å²) < 4.78 is 1.89. The van der Waals surface area contributed by atoms with Gasteiger partial charge in [-0.05, 0) is 29.5 Å². The number of rotatable bonds is 10. The summed E-state index contributed by atoms with van der Waals surface area (Å²) in [6, 6.07) is 18.0. The van der Waals surface area contributed by atoms with Crippen molar-refractivity contribution >= 4 is 11.9 Å². The van der Waals surface area contributed by atoms with E-state index in [1.165, 1.54) is 5.56 Å². The number of carbonyl (C=O) groups is 2. The molecule has 0 radical (unpaired) electrons. The highest BCUT2D eigenvalue weighted by Crippen LogP contribution is 2.20. The maximum absolute atomic E-state index is 12.6. The Bertz CT molecular complexity index is 955. The number of benzene rings is 2. The molecule has 0 saturated carbocycles. The van der Waals surface area contributed by atoms with E-state index in [0.29, 0.717) is 19.5 Å². The Morgan fingerprint density at radius 3 is 2.43 bits per heavy atom. The van der Waals surface area contributed by atoms with Gasteiger partial charge in [-0.1, -0.05) is 54.6 Å². The zero-order valence-electron chi connectivity index (χ0n) is 17.1. The third-order valence-electron chi connectivity index (χ3n) is 5.27. The molecule has 2 aromatic carbocycles. The Morgan fingerprint density at radius 1 is 1.07 bits per heavy atom. The number of nitrogens with zero attached hydrogens (tertiary/aromatic N) is 3. The van der Waals surface area contributed by atoms with E-state index in [1.807, 2.05) is 53.2 Å². The van der Waals surface area contributed by atoms with Crippen molar-refractivity contribution in [3.05, 3.63) is 90.0 Å². The first kappa shape index (κ1) is 21.3. The smallest absolute Gasteiger partial charge is 0.307 e. The molecule has 0 aliphatic carbocycles. The number of carboxylic acids is 1. The molecular formula is C24H27N3O3. The number of hydrogen-bond acceptors (Lipinski definition) is 3. The van der Waals surface area contributed by atoms with Crippen LogP contribution in [-0.2, 0) is 29.0 Å². The number of amides is 1. The zero-order chi connectivity index (χ0) is 21.3. The van der Waals surface area contributed by atoms with Gasteiger partial charge in [-0.15, -0.1) is 0 Å². The van der Waals surface area contributed by atoms with Crippen molar-refractivity contribution in [3.8, 4) is 0 Å². The van der Waals surface area contributed by atoms with Gasteiger partial charge in [0.15, 0.2) is 0 Å². The Balaban J connectivity index is 1.64. The molecular weight excluding hydrogens is 378 g/mol. The highest BCUT2D eigenvalue weighted by Gasteiger charge is 2.24. The summed E-state index contributed by atoms with van der Waals surface area (Å²) in [7, 11) is 1.71. The van der Waals surface area contributed by atoms with E-state index in [4.69, 9.17) is 0 Å². The molecule has 0 aliphatic rings. The number of imidazole rings is 1. The van der Waals surface area contributed by atoms with Crippen LogP contribution in [0.1, 0.15) is 23.1 Å². The molecule has 3 aromatic rings. The SMILES string of the molecule is CN(CCn1ccnc1)C(=O)CC(Cc1ccccc1Cc1ccccc1)C(=O)O. The number of aromatic nitrogens is 2. The van der Waals surface area contributed by atoms with E-state index in [9.17, 15) is 14.7 Å². The molecule has 3 rings (SSSR count). The maximum Gasteiger partial charge on any atom is 0.307 e. The highest BCUT2D eigenvalue weighted by molar-refractivity contribution is 5.82. The van der Waals surface area contributed by atoms with Crippen molar-refractivity contribution in [2.75, 3.05) is 13.6 Å². The van der Waals surface area contributed by atoms with Gasteiger partial charge in [0, 0.05) is 39.0 Å². The Labute approximate surface area is 176 Å². The van der Waals surface area contributed by atoms with Crippen molar-refractivity contribution in [1.82, 2.24) is 14.5 Å². The van der Waals surface area contributed by atoms with Crippen molar-refractivity contribution in [2.24, 2.45) is 5.92 Å². The van der Waals surface area contributed by atoms with Crippen molar-refractivity contribution in [3.63, 3.8) is 0 Å². The van der Waals surface area contributed by atoms with Crippen LogP contribution >= 0.6 is 0 Å². The van der Waals surface area contributed by atoms with E-state index in [-0.39, 0.29) is 12.3 Å². The Hall–Kier alpha value is -3.41. The lowest BCUT2D eigenvalue weighted by molar-refractivity contribution is -0.145. The highest BCUT2D eigenvalue weighted by atomic mass is 16.4. The van der Waals surface area contributed by atoms with Crippen LogP contribution in [0.4, 0.5) is 0 Å². The first-order chi connectivity index (χ1) is 14.5. The van der Waals surface area contributed by atoms with Crippen LogP contribution < -0.4 is 0 Å². The van der Waals surface area contributed by atoms with E-state index in [2.05, 4.69) is 17.1 Å². The number of carbonyl (C=O) groups excluding carboxylic acids is 1. The molecule has 1 heterocycles. The van der Waals surface area contributed by atoms with Crippen molar-refractivity contribution < 1.29 is 14.7 Å². The first-order valence-electron chi connectivity index (χ1n) is 10.1. The Kier molecular flexibility index (Phi) is 7.38. The molecule has 1 N–H and O–H groups in total. The average Bonchev–Trinajstić information content (AvgIpc) is 3.27. The number of carboxylic acid groups (broad SMARTS) is 1. The molecule has 6 nitrogen and oxygen atoms in total. The van der Waals surface area contributed by atoms with Crippen LogP contribution in [0.25, 0.3) is 0 Å². The maximum atomic E-state index is 12.6. The minimum atomic E-state index is -0.944. The fourth-order valence-corrected chi connectivity index (χ4v) is 3.43. The van der Waals surface area contributed by atoms with E-state index in [1.54, 1.807) is 24.5 Å². The molecule has 1 amide bonds. The van der Waals surface area contributed by atoms with E-state index in [0.717, 1.165) is 17.5 Å². The van der Waals surface area contributed by atoms with Crippen LogP contribution in [0.15, 0.2) is 73.3 Å². The van der Waals surface area contributed by atoms with Crippen molar-refractivity contribution in [2.45, 2.75) is 25.8 Å². The lowest BCUT2D eigenvalue weighted by atomic mass is 9.90. The van der Waals surface area contributed by atoms with Gasteiger partial charge >= 0.3 is 5.97 Å². The molecule has 0 bridgehead atoms. The van der Waals surface area contributed by atoms with Gasteiger partial charge in [-0.25, -0.2) is 4.98 Å². The van der Waals surface area contributed by atoms with Crippen molar-refractivity contribution in [1.29, 1.82) is 0 Å². The molecule has 6 heteroatoms. The quantitative estimate of drug-likeness (QED) is 0.562. The van der Waals surface area contributed by atoms with Gasteiger partial charge in [0.2, 0.25) is 5.91 Å². The number of aliphatic carboxylic acids is 1. The predicted molar refractivity (Wildman–Crippen MR) is 115 cm³/mol. The molecule has 0 saturated heterocycles. The second-order valence-electron chi connectivity index (χ2n) is 7.49. The first-order valence-corrected chi connectivity index (χ1v) is 10.1. The second kappa shape index (κ2) is 10.4. The summed E-state index contributed by atoms with van der Waals surface area (Å²) in [5.74, 6) is -1.87. The van der Waals surface area contributed by atoms with Gasteiger partial charge < -0.3 is 14.6 Å². The molecule has 156 valence electrons. The van der Waals surface area contributed by atoms with Gasteiger partial charge in [0.05, 0.1) is 12.2 Å². The summed E-state index contributed by atoms with van der Waals surface area (Å²) in [5.41, 5.74) is 3.24. The standard InChI is InChI=1S/C24H27N3O3/c1-26(13-14-27-12-11-25-18-27)23(28)17-22(24(29)30)16-21-10-6-5-9-20(21)15-19-7-3-2-4-8-19/h2-12,18,22H,13-17H2,1H3,(H,29,30). The fraction of sp³-hybridized carbons (Fsp3) is 0.292. The third kappa shape index (κ3) is 6.04. The summed E-state index contributed by atoms with van der Waals surface area (Å²) in [6.07, 6.45) is 6.27. The second-order valence-corrected chi connectivity index (χ2v) is 7.49. The predicted octanol–water partition coefficient (Wildman–Crippen LogP) is 3.27. The lowest BCUT2D eigenvalue weighted by Gasteiger charge is -2.21. The van der Waals surface area contributed by atoms with Gasteiger partial charge in [-0.3, -0.25) is 9.59 Å². The van der Waals surface area contributed by atoms with E-state index >= 15 is 0 Å². The minimum Gasteiger partial charge on any atom is -0.481 e. The topological polar surface area (TPSA) is 75.4 Å². The summed E-state index contributed by atoms with van der Waals surface area (Å²) in [5, 5.41) is 9.74.